The average molecular weight is 476 g/mol. The molecule has 0 bridgehead atoms. The summed E-state index contributed by atoms with van der Waals surface area (Å²) in [7, 11) is -3.80. The molecule has 1 aromatic heterocycles. The monoisotopic (exact) mass is 475 g/mol. The molecule has 2 heterocycles. The number of Topliss-reactive ketones (excluding diaryl/α,β-unsaturated/α-hetero) is 1. The van der Waals surface area contributed by atoms with Crippen LogP contribution in [0.1, 0.15) is 38.3 Å². The predicted octanol–water partition coefficient (Wildman–Crippen LogP) is 4.36. The molecule has 6 nitrogen and oxygen atoms in total. The summed E-state index contributed by atoms with van der Waals surface area (Å²) in [6.07, 6.45) is 0.753. The first-order valence-corrected chi connectivity index (χ1v) is 12.3. The van der Waals surface area contributed by atoms with Gasteiger partial charge in [-0.1, -0.05) is 29.8 Å². The Balaban J connectivity index is 1.39. The number of halogens is 1. The van der Waals surface area contributed by atoms with Gasteiger partial charge in [-0.05, 0) is 37.6 Å². The van der Waals surface area contributed by atoms with Gasteiger partial charge in [-0.15, -0.1) is 11.3 Å². The van der Waals surface area contributed by atoms with Crippen LogP contribution < -0.4 is 9.46 Å². The number of hydrogen-bond donors (Lipinski definition) is 1. The number of rotatable bonds is 8. The van der Waals surface area contributed by atoms with E-state index >= 15 is 0 Å². The molecular weight excluding hydrogens is 453 g/mol. The van der Waals surface area contributed by atoms with Gasteiger partial charge in [0, 0.05) is 34.5 Å². The molecule has 0 unspecified atom stereocenters. The van der Waals surface area contributed by atoms with Crippen molar-refractivity contribution in [3.8, 4) is 5.75 Å². The number of ether oxygens (including phenoxy) is 2. The van der Waals surface area contributed by atoms with Crippen LogP contribution in [0.3, 0.4) is 0 Å². The molecule has 2 aromatic carbocycles. The van der Waals surface area contributed by atoms with Gasteiger partial charge in [0.25, 0.3) is 0 Å². The first kappa shape index (κ1) is 22.6. The fraction of sp³-hybridized carbons (Fsp3) is 0.261. The topological polar surface area (TPSA) is 81.7 Å². The molecule has 168 valence electrons. The van der Waals surface area contributed by atoms with Gasteiger partial charge in [0.2, 0.25) is 10.0 Å². The maximum atomic E-state index is 13.9. The lowest BCUT2D eigenvalue weighted by molar-refractivity contribution is -0.0172. The van der Waals surface area contributed by atoms with Crippen LogP contribution in [0, 0.1) is 12.7 Å². The van der Waals surface area contributed by atoms with Gasteiger partial charge >= 0.3 is 0 Å². The van der Waals surface area contributed by atoms with E-state index in [4.69, 9.17) is 9.47 Å². The summed E-state index contributed by atoms with van der Waals surface area (Å²) in [6, 6.07) is 13.2. The zero-order valence-electron chi connectivity index (χ0n) is 17.4. The molecule has 4 rings (SSSR count). The van der Waals surface area contributed by atoms with Crippen LogP contribution in [0.2, 0.25) is 0 Å². The minimum absolute atomic E-state index is 0.0146. The van der Waals surface area contributed by atoms with Crippen molar-refractivity contribution in [2.24, 2.45) is 0 Å². The smallest absolute Gasteiger partial charge is 0.250 e. The maximum absolute atomic E-state index is 13.9. The summed E-state index contributed by atoms with van der Waals surface area (Å²) in [5, 5.41) is 0. The van der Waals surface area contributed by atoms with E-state index in [0.29, 0.717) is 35.3 Å². The number of nitrogens with one attached hydrogen (secondary N) is 1. The van der Waals surface area contributed by atoms with Gasteiger partial charge in [-0.3, -0.25) is 4.79 Å². The highest BCUT2D eigenvalue weighted by molar-refractivity contribution is 7.91. The first-order valence-electron chi connectivity index (χ1n) is 10.0. The largest absolute Gasteiger partial charge is 0.467 e. The van der Waals surface area contributed by atoms with E-state index in [1.165, 1.54) is 18.2 Å². The Bertz CT molecular complexity index is 1240. The Morgan fingerprint density at radius 1 is 1.16 bits per heavy atom. The molecule has 1 aliphatic rings. The molecule has 0 saturated heterocycles. The molecule has 0 radical (unpaired) electrons. The molecule has 0 fully saturated rings. The number of carbonyl (C=O) groups excluding carboxylic acids is 1. The summed E-state index contributed by atoms with van der Waals surface area (Å²) in [4.78, 5) is 13.2. The van der Waals surface area contributed by atoms with E-state index in [1.807, 2.05) is 19.1 Å². The summed E-state index contributed by atoms with van der Waals surface area (Å²) in [5.41, 5.74) is 2.68. The van der Waals surface area contributed by atoms with E-state index in [1.54, 1.807) is 18.2 Å². The van der Waals surface area contributed by atoms with E-state index in [2.05, 4.69) is 4.72 Å². The molecule has 0 amide bonds. The second kappa shape index (κ2) is 9.50. The number of benzene rings is 2. The number of carbonyl (C=O) groups is 1. The second-order valence-electron chi connectivity index (χ2n) is 7.50. The molecule has 0 aliphatic carbocycles. The normalized spacial score (nSPS) is 13.4. The van der Waals surface area contributed by atoms with Crippen molar-refractivity contribution >= 4 is 27.1 Å². The number of ketones is 1. The van der Waals surface area contributed by atoms with Gasteiger partial charge in [-0.25, -0.2) is 17.5 Å². The van der Waals surface area contributed by atoms with Crippen molar-refractivity contribution in [3.05, 3.63) is 81.5 Å². The van der Waals surface area contributed by atoms with Gasteiger partial charge in [0.1, 0.15) is 15.8 Å². The second-order valence-corrected chi connectivity index (χ2v) is 10.7. The highest BCUT2D eigenvalue weighted by Gasteiger charge is 2.21. The van der Waals surface area contributed by atoms with Crippen molar-refractivity contribution in [1.29, 1.82) is 0 Å². The lowest BCUT2D eigenvalue weighted by Crippen LogP contribution is -2.24. The lowest BCUT2D eigenvalue weighted by Gasteiger charge is -2.21. The Labute approximate surface area is 190 Å². The molecule has 0 saturated carbocycles. The van der Waals surface area contributed by atoms with Crippen LogP contribution in [-0.4, -0.2) is 21.0 Å². The predicted molar refractivity (Wildman–Crippen MR) is 119 cm³/mol. The average Bonchev–Trinajstić information content (AvgIpc) is 3.26. The third-order valence-corrected chi connectivity index (χ3v) is 8.12. The number of sulfonamides is 1. The standard InChI is InChI=1S/C23H22FNO5S2/c1-15-2-4-16(5-3-15)21(26)8-6-20-7-9-22(31-20)32(27,28)25-12-17-10-19(24)11-18-13-29-14-30-23(17)18/h2-5,7,9-11,25H,6,8,12-14H2,1H3. The van der Waals surface area contributed by atoms with E-state index < -0.39 is 15.8 Å². The Hall–Kier alpha value is -2.59. The van der Waals surface area contributed by atoms with Gasteiger partial charge < -0.3 is 9.47 Å². The molecule has 0 atom stereocenters. The van der Waals surface area contributed by atoms with Crippen LogP contribution in [0.15, 0.2) is 52.7 Å². The molecule has 1 N–H and O–H groups in total. The minimum Gasteiger partial charge on any atom is -0.467 e. The number of aryl methyl sites for hydroxylation is 2. The first-order chi connectivity index (χ1) is 15.3. The third kappa shape index (κ3) is 5.24. The molecule has 0 spiro atoms. The number of hydrogen-bond acceptors (Lipinski definition) is 6. The van der Waals surface area contributed by atoms with Crippen molar-refractivity contribution in [2.45, 2.75) is 37.1 Å². The summed E-state index contributed by atoms with van der Waals surface area (Å²) >= 11 is 1.12. The Morgan fingerprint density at radius 3 is 2.72 bits per heavy atom. The Morgan fingerprint density at radius 2 is 1.94 bits per heavy atom. The van der Waals surface area contributed by atoms with Crippen molar-refractivity contribution in [2.75, 3.05) is 6.79 Å². The molecular formula is C23H22FNO5S2. The number of thiophene rings is 1. The summed E-state index contributed by atoms with van der Waals surface area (Å²) in [5.74, 6) is -0.0219. The van der Waals surface area contributed by atoms with Crippen LogP contribution >= 0.6 is 11.3 Å². The van der Waals surface area contributed by atoms with Crippen molar-refractivity contribution in [3.63, 3.8) is 0 Å². The van der Waals surface area contributed by atoms with Crippen LogP contribution in [0.4, 0.5) is 4.39 Å². The number of fused-ring (bicyclic) bond motifs is 1. The minimum atomic E-state index is -3.80. The van der Waals surface area contributed by atoms with E-state index in [9.17, 15) is 17.6 Å². The summed E-state index contributed by atoms with van der Waals surface area (Å²) in [6.45, 7) is 2.10. The van der Waals surface area contributed by atoms with Gasteiger partial charge in [-0.2, -0.15) is 0 Å². The summed E-state index contributed by atoms with van der Waals surface area (Å²) < 4.78 is 52.6. The zero-order chi connectivity index (χ0) is 22.7. The van der Waals surface area contributed by atoms with Crippen molar-refractivity contribution in [1.82, 2.24) is 4.72 Å². The molecule has 1 aliphatic heterocycles. The molecule has 9 heteroatoms. The third-order valence-electron chi connectivity index (χ3n) is 5.08. The quantitative estimate of drug-likeness (QED) is 0.490. The SMILES string of the molecule is Cc1ccc(C(=O)CCc2ccc(S(=O)(=O)NCc3cc(F)cc4c3OCOC4)s2)cc1. The molecule has 3 aromatic rings. The van der Waals surface area contributed by atoms with Gasteiger partial charge in [0.05, 0.1) is 6.61 Å². The van der Waals surface area contributed by atoms with Gasteiger partial charge in [0.15, 0.2) is 12.6 Å². The Kier molecular flexibility index (Phi) is 6.71. The molecule has 32 heavy (non-hydrogen) atoms. The van der Waals surface area contributed by atoms with Crippen LogP contribution in [0.25, 0.3) is 0 Å². The van der Waals surface area contributed by atoms with Crippen molar-refractivity contribution < 1.29 is 27.1 Å². The zero-order valence-corrected chi connectivity index (χ0v) is 19.0. The fourth-order valence-electron chi connectivity index (χ4n) is 3.39. The lowest BCUT2D eigenvalue weighted by atomic mass is 10.0. The maximum Gasteiger partial charge on any atom is 0.250 e. The van der Waals surface area contributed by atoms with Crippen LogP contribution in [0.5, 0.6) is 5.75 Å². The van der Waals surface area contributed by atoms with Crippen LogP contribution in [-0.2, 0) is 34.3 Å². The fourth-order valence-corrected chi connectivity index (χ4v) is 5.80. The van der Waals surface area contributed by atoms with E-state index in [-0.39, 0.29) is 29.9 Å². The highest BCUT2D eigenvalue weighted by atomic mass is 32.2. The highest BCUT2D eigenvalue weighted by Crippen LogP contribution is 2.30. The van der Waals surface area contributed by atoms with E-state index in [0.717, 1.165) is 21.8 Å².